The first-order valence-corrected chi connectivity index (χ1v) is 9.81. The van der Waals surface area contributed by atoms with Gasteiger partial charge in [0.2, 0.25) is 5.79 Å². The molecule has 0 aromatic carbocycles. The number of ketones is 1. The van der Waals surface area contributed by atoms with Gasteiger partial charge in [-0.1, -0.05) is 19.4 Å². The van der Waals surface area contributed by atoms with Gasteiger partial charge in [-0.3, -0.25) is 4.79 Å². The maximum absolute atomic E-state index is 12.5. The van der Waals surface area contributed by atoms with Crippen molar-refractivity contribution in [1.29, 1.82) is 0 Å². The number of hydrogen-bond acceptors (Lipinski definition) is 9. The quantitative estimate of drug-likeness (QED) is 0.253. The molecule has 3 fully saturated rings. The molecule has 1 aliphatic heterocycles. The van der Waals surface area contributed by atoms with Crippen LogP contribution < -0.4 is 0 Å². The zero-order valence-corrected chi connectivity index (χ0v) is 16.7. The summed E-state index contributed by atoms with van der Waals surface area (Å²) in [5.74, 6) is -7.34. The number of aliphatic hydroxyl groups excluding tert-OH is 4. The van der Waals surface area contributed by atoms with Crippen LogP contribution in [0.2, 0.25) is 0 Å². The third-order valence-corrected chi connectivity index (χ3v) is 8.75. The third kappa shape index (κ3) is 1.97. The van der Waals surface area contributed by atoms with E-state index in [1.54, 1.807) is 13.8 Å². The molecule has 0 spiro atoms. The Morgan fingerprint density at radius 3 is 2.21 bits per heavy atom. The van der Waals surface area contributed by atoms with E-state index in [1.807, 2.05) is 0 Å². The van der Waals surface area contributed by atoms with E-state index in [0.29, 0.717) is 5.57 Å². The fourth-order valence-electron chi connectivity index (χ4n) is 7.09. The molecule has 29 heavy (non-hydrogen) atoms. The minimum Gasteiger partial charge on any atom is -0.430 e. The molecule has 0 aromatic rings. The van der Waals surface area contributed by atoms with E-state index in [4.69, 9.17) is 4.74 Å². The van der Waals surface area contributed by atoms with Gasteiger partial charge in [0.1, 0.15) is 11.7 Å². The molecule has 3 aliphatic carbocycles. The summed E-state index contributed by atoms with van der Waals surface area (Å²) >= 11 is 0. The van der Waals surface area contributed by atoms with E-state index in [9.17, 15) is 40.2 Å². The summed E-state index contributed by atoms with van der Waals surface area (Å²) in [5, 5.41) is 66.6. The van der Waals surface area contributed by atoms with E-state index in [1.165, 1.54) is 19.9 Å². The number of carbonyl (C=O) groups is 2. The lowest BCUT2D eigenvalue weighted by molar-refractivity contribution is -0.428. The standard InChI is InChI=1S/C20H28O9/c1-7-5-10(21)14(24)17(3)9(7)6-19(27)18(4)13(17)12(23)11(22)8(2)20(18,28)15(25)16(26)29-19/h5,8-9,11-15,22-25,27-28H,6H2,1-4H3/t8-,9-,11+,12-,13+,14+,15-,17-,18-,19+,20-/m0/s1. The Balaban J connectivity index is 2.07. The van der Waals surface area contributed by atoms with Crippen LogP contribution in [-0.2, 0) is 14.3 Å². The monoisotopic (exact) mass is 412 g/mol. The molecule has 0 radical (unpaired) electrons. The Kier molecular flexibility index (Phi) is 4.08. The molecule has 9 heteroatoms. The largest absolute Gasteiger partial charge is 0.430 e. The average Bonchev–Trinajstić information content (AvgIpc) is 2.64. The second-order valence-electron chi connectivity index (χ2n) is 9.70. The van der Waals surface area contributed by atoms with E-state index in [-0.39, 0.29) is 6.42 Å². The van der Waals surface area contributed by atoms with Crippen molar-refractivity contribution in [3.8, 4) is 0 Å². The molecule has 9 nitrogen and oxygen atoms in total. The van der Waals surface area contributed by atoms with Crippen molar-refractivity contribution in [3.63, 3.8) is 0 Å². The number of ether oxygens (including phenoxy) is 1. The lowest BCUT2D eigenvalue weighted by Crippen LogP contribution is -2.86. The molecule has 0 amide bonds. The molecular formula is C20H28O9. The predicted molar refractivity (Wildman–Crippen MR) is 95.8 cm³/mol. The molecule has 4 aliphatic rings. The van der Waals surface area contributed by atoms with Gasteiger partial charge in [0, 0.05) is 23.7 Å². The Labute approximate surface area is 167 Å². The first-order valence-electron chi connectivity index (χ1n) is 9.81. The second-order valence-corrected chi connectivity index (χ2v) is 9.70. The van der Waals surface area contributed by atoms with Crippen molar-refractivity contribution < 1.29 is 45.0 Å². The highest BCUT2D eigenvalue weighted by atomic mass is 16.7. The average molecular weight is 412 g/mol. The number of hydrogen-bond donors (Lipinski definition) is 6. The Hall–Kier alpha value is -1.36. The number of fused-ring (bicyclic) bond motifs is 2. The van der Waals surface area contributed by atoms with E-state index >= 15 is 0 Å². The smallest absolute Gasteiger partial charge is 0.340 e. The van der Waals surface area contributed by atoms with Gasteiger partial charge in [0.15, 0.2) is 11.9 Å². The van der Waals surface area contributed by atoms with Crippen molar-refractivity contribution >= 4 is 11.8 Å². The first-order chi connectivity index (χ1) is 13.2. The van der Waals surface area contributed by atoms with Crippen LogP contribution in [0.3, 0.4) is 0 Å². The normalized spacial score (nSPS) is 59.4. The SMILES string of the molecule is CC1=CC(=O)[C@@H](O)[C@]2(C)[C@H]3[C@@H](O)[C@H](O)[C@H](C)[C@]4(O)[C@@H](O)C(=O)O[C@](O)(C[C@@H]12)[C@]34C. The molecule has 6 N–H and O–H groups in total. The zero-order chi connectivity index (χ0) is 21.9. The van der Waals surface area contributed by atoms with Crippen molar-refractivity contribution in [2.24, 2.45) is 28.6 Å². The van der Waals surface area contributed by atoms with E-state index in [0.717, 1.165) is 0 Å². The number of carbonyl (C=O) groups excluding carboxylic acids is 2. The molecule has 1 heterocycles. The minimum absolute atomic E-state index is 0.251. The summed E-state index contributed by atoms with van der Waals surface area (Å²) in [6.45, 7) is 5.92. The third-order valence-electron chi connectivity index (χ3n) is 8.75. The van der Waals surface area contributed by atoms with Crippen LogP contribution >= 0.6 is 0 Å². The van der Waals surface area contributed by atoms with Gasteiger partial charge in [-0.15, -0.1) is 0 Å². The van der Waals surface area contributed by atoms with Crippen LogP contribution in [-0.4, -0.2) is 78.2 Å². The fraction of sp³-hybridized carbons (Fsp3) is 0.800. The first kappa shape index (κ1) is 20.9. The molecule has 1 saturated heterocycles. The van der Waals surface area contributed by atoms with Crippen molar-refractivity contribution in [2.75, 3.05) is 0 Å². The van der Waals surface area contributed by atoms with Gasteiger partial charge in [-0.05, 0) is 25.8 Å². The van der Waals surface area contributed by atoms with Gasteiger partial charge in [0.05, 0.1) is 17.6 Å². The van der Waals surface area contributed by atoms with E-state index in [2.05, 4.69) is 0 Å². The number of rotatable bonds is 0. The van der Waals surface area contributed by atoms with Gasteiger partial charge in [-0.25, -0.2) is 4.79 Å². The highest BCUT2D eigenvalue weighted by Gasteiger charge is 2.84. The molecule has 2 saturated carbocycles. The second kappa shape index (κ2) is 5.66. The predicted octanol–water partition coefficient (Wildman–Crippen LogP) is -1.77. The van der Waals surface area contributed by atoms with Gasteiger partial charge < -0.3 is 35.4 Å². The fourth-order valence-corrected chi connectivity index (χ4v) is 7.09. The summed E-state index contributed by atoms with van der Waals surface area (Å²) in [5.41, 5.74) is -5.17. The molecule has 11 atom stereocenters. The maximum Gasteiger partial charge on any atom is 0.340 e. The lowest BCUT2D eigenvalue weighted by atomic mass is 9.35. The zero-order valence-electron chi connectivity index (χ0n) is 16.7. The molecule has 0 bridgehead atoms. The summed E-state index contributed by atoms with van der Waals surface area (Å²) in [7, 11) is 0. The van der Waals surface area contributed by atoms with Crippen molar-refractivity contribution in [2.45, 2.75) is 69.9 Å². The number of allylic oxidation sites excluding steroid dienone is 1. The number of esters is 1. The van der Waals surface area contributed by atoms with Crippen LogP contribution in [0.25, 0.3) is 0 Å². The van der Waals surface area contributed by atoms with Gasteiger partial charge >= 0.3 is 5.97 Å². The Morgan fingerprint density at radius 1 is 1.03 bits per heavy atom. The topological polar surface area (TPSA) is 165 Å². The lowest BCUT2D eigenvalue weighted by Gasteiger charge is -2.73. The summed E-state index contributed by atoms with van der Waals surface area (Å²) in [6, 6.07) is 0. The van der Waals surface area contributed by atoms with Crippen LogP contribution in [0.5, 0.6) is 0 Å². The highest BCUT2D eigenvalue weighted by molar-refractivity contribution is 5.96. The van der Waals surface area contributed by atoms with Gasteiger partial charge in [-0.2, -0.15) is 0 Å². The molecule has 4 rings (SSSR count). The molecular weight excluding hydrogens is 384 g/mol. The van der Waals surface area contributed by atoms with Crippen LogP contribution in [0.15, 0.2) is 11.6 Å². The van der Waals surface area contributed by atoms with Crippen LogP contribution in [0.4, 0.5) is 0 Å². The maximum atomic E-state index is 12.5. The highest BCUT2D eigenvalue weighted by Crippen LogP contribution is 2.72. The van der Waals surface area contributed by atoms with Crippen LogP contribution in [0.1, 0.15) is 34.1 Å². The molecule has 0 aromatic heterocycles. The van der Waals surface area contributed by atoms with E-state index < -0.39 is 76.1 Å². The summed E-state index contributed by atoms with van der Waals surface area (Å²) in [4.78, 5) is 24.9. The Bertz CT molecular complexity index is 825. The van der Waals surface area contributed by atoms with Crippen LogP contribution in [0, 0.1) is 28.6 Å². The Morgan fingerprint density at radius 2 is 1.62 bits per heavy atom. The summed E-state index contributed by atoms with van der Waals surface area (Å²) in [6.07, 6.45) is -5.85. The van der Waals surface area contributed by atoms with Crippen molar-refractivity contribution in [1.82, 2.24) is 0 Å². The van der Waals surface area contributed by atoms with Crippen molar-refractivity contribution in [3.05, 3.63) is 11.6 Å². The molecule has 162 valence electrons. The van der Waals surface area contributed by atoms with Gasteiger partial charge in [0.25, 0.3) is 0 Å². The summed E-state index contributed by atoms with van der Waals surface area (Å²) < 4.78 is 5.25. The molecule has 0 unspecified atom stereocenters. The number of aliphatic hydroxyl groups is 6. The minimum atomic E-state index is -2.38.